The Hall–Kier alpha value is -0.120. The van der Waals surface area contributed by atoms with E-state index in [1.807, 2.05) is 6.92 Å². The second-order valence-electron chi connectivity index (χ2n) is 5.15. The van der Waals surface area contributed by atoms with Crippen molar-refractivity contribution < 1.29 is 9.47 Å². The lowest BCUT2D eigenvalue weighted by atomic mass is 10.1. The van der Waals surface area contributed by atoms with Crippen molar-refractivity contribution in [1.82, 2.24) is 5.32 Å². The van der Waals surface area contributed by atoms with E-state index in [1.54, 1.807) is 0 Å². The van der Waals surface area contributed by atoms with E-state index >= 15 is 0 Å². The Bertz CT molecular complexity index is 177. The minimum Gasteiger partial charge on any atom is -0.378 e. The van der Waals surface area contributed by atoms with Crippen LogP contribution in [0.4, 0.5) is 0 Å². The van der Waals surface area contributed by atoms with Crippen LogP contribution in [0.25, 0.3) is 0 Å². The Morgan fingerprint density at radius 1 is 1.44 bits per heavy atom. The zero-order valence-electron chi connectivity index (χ0n) is 11.1. The Labute approximate surface area is 99.9 Å². The smallest absolute Gasteiger partial charge is 0.0750 e. The lowest BCUT2D eigenvalue weighted by Gasteiger charge is -2.25. The summed E-state index contributed by atoms with van der Waals surface area (Å²) in [6.07, 6.45) is 5.43. The molecule has 0 aromatic carbocycles. The highest BCUT2D eigenvalue weighted by molar-refractivity contribution is 4.72. The first-order valence-corrected chi connectivity index (χ1v) is 6.60. The summed E-state index contributed by atoms with van der Waals surface area (Å²) in [5.74, 6) is 0. The van der Waals surface area contributed by atoms with Crippen LogP contribution in [0.15, 0.2) is 0 Å². The van der Waals surface area contributed by atoms with Crippen LogP contribution < -0.4 is 5.32 Å². The first kappa shape index (κ1) is 13.9. The summed E-state index contributed by atoms with van der Waals surface area (Å²) in [7, 11) is 0. The topological polar surface area (TPSA) is 30.5 Å². The van der Waals surface area contributed by atoms with Crippen LogP contribution in [0, 0.1) is 0 Å². The van der Waals surface area contributed by atoms with Gasteiger partial charge in [0.15, 0.2) is 0 Å². The van der Waals surface area contributed by atoms with E-state index in [4.69, 9.17) is 9.47 Å². The van der Waals surface area contributed by atoms with E-state index in [9.17, 15) is 0 Å². The van der Waals surface area contributed by atoms with Crippen molar-refractivity contribution in [3.8, 4) is 0 Å². The van der Waals surface area contributed by atoms with E-state index in [0.717, 1.165) is 26.3 Å². The molecule has 0 aromatic heterocycles. The van der Waals surface area contributed by atoms with Gasteiger partial charge in [-0.05, 0) is 53.0 Å². The van der Waals surface area contributed by atoms with Crippen LogP contribution in [-0.4, -0.2) is 38.0 Å². The van der Waals surface area contributed by atoms with Gasteiger partial charge in [-0.3, -0.25) is 0 Å². The van der Waals surface area contributed by atoms with E-state index in [0.29, 0.717) is 6.10 Å². The van der Waals surface area contributed by atoms with E-state index in [-0.39, 0.29) is 5.60 Å². The molecular formula is C13H27NO2. The SMILES string of the molecule is CCOC(C)(C)CNCCCC1CCCO1. The van der Waals surface area contributed by atoms with Crippen molar-refractivity contribution in [2.75, 3.05) is 26.3 Å². The van der Waals surface area contributed by atoms with Gasteiger partial charge in [-0.2, -0.15) is 0 Å². The van der Waals surface area contributed by atoms with Crippen molar-refractivity contribution in [2.45, 2.75) is 58.2 Å². The summed E-state index contributed by atoms with van der Waals surface area (Å²) in [6.45, 7) is 10.0. The molecule has 1 fully saturated rings. The molecule has 1 atom stereocenters. The minimum atomic E-state index is -0.0430. The van der Waals surface area contributed by atoms with Gasteiger partial charge < -0.3 is 14.8 Å². The van der Waals surface area contributed by atoms with Crippen molar-refractivity contribution >= 4 is 0 Å². The predicted octanol–water partition coefficient (Wildman–Crippen LogP) is 2.35. The monoisotopic (exact) mass is 229 g/mol. The van der Waals surface area contributed by atoms with Gasteiger partial charge in [-0.15, -0.1) is 0 Å². The molecule has 1 saturated heterocycles. The van der Waals surface area contributed by atoms with Crippen molar-refractivity contribution in [3.63, 3.8) is 0 Å². The molecule has 0 aliphatic carbocycles. The molecule has 0 amide bonds. The molecule has 96 valence electrons. The molecule has 3 heteroatoms. The average Bonchev–Trinajstić information content (AvgIpc) is 2.69. The van der Waals surface area contributed by atoms with Gasteiger partial charge >= 0.3 is 0 Å². The predicted molar refractivity (Wildman–Crippen MR) is 66.8 cm³/mol. The molecule has 1 unspecified atom stereocenters. The summed E-state index contributed by atoms with van der Waals surface area (Å²) in [5, 5.41) is 3.45. The molecule has 1 aliphatic heterocycles. The fourth-order valence-electron chi connectivity index (χ4n) is 2.16. The number of hydrogen-bond acceptors (Lipinski definition) is 3. The summed E-state index contributed by atoms with van der Waals surface area (Å²) in [6, 6.07) is 0. The normalized spacial score (nSPS) is 21.6. The molecule has 1 N–H and O–H groups in total. The fourth-order valence-corrected chi connectivity index (χ4v) is 2.16. The maximum absolute atomic E-state index is 5.62. The lowest BCUT2D eigenvalue weighted by molar-refractivity contribution is -0.00881. The molecular weight excluding hydrogens is 202 g/mol. The van der Waals surface area contributed by atoms with Gasteiger partial charge in [0.2, 0.25) is 0 Å². The Balaban J connectivity index is 1.94. The zero-order chi connectivity index (χ0) is 11.9. The van der Waals surface area contributed by atoms with Crippen LogP contribution in [0.2, 0.25) is 0 Å². The van der Waals surface area contributed by atoms with Gasteiger partial charge in [0, 0.05) is 19.8 Å². The molecule has 16 heavy (non-hydrogen) atoms. The Morgan fingerprint density at radius 3 is 2.88 bits per heavy atom. The standard InChI is InChI=1S/C13H27NO2/c1-4-16-13(2,3)11-14-9-5-7-12-8-6-10-15-12/h12,14H,4-11H2,1-3H3. The quantitative estimate of drug-likeness (QED) is 0.648. The molecule has 1 heterocycles. The van der Waals surface area contributed by atoms with Crippen LogP contribution in [0.5, 0.6) is 0 Å². The molecule has 1 aliphatic rings. The molecule has 3 nitrogen and oxygen atoms in total. The highest BCUT2D eigenvalue weighted by Crippen LogP contribution is 2.16. The number of hydrogen-bond donors (Lipinski definition) is 1. The summed E-state index contributed by atoms with van der Waals surface area (Å²) >= 11 is 0. The van der Waals surface area contributed by atoms with Crippen LogP contribution >= 0.6 is 0 Å². The largest absolute Gasteiger partial charge is 0.378 e. The maximum atomic E-state index is 5.62. The molecule has 1 rings (SSSR count). The van der Waals surface area contributed by atoms with Crippen molar-refractivity contribution in [3.05, 3.63) is 0 Å². The number of rotatable bonds is 8. The first-order valence-electron chi connectivity index (χ1n) is 6.60. The Kier molecular flexibility index (Phi) is 6.32. The zero-order valence-corrected chi connectivity index (χ0v) is 11.1. The maximum Gasteiger partial charge on any atom is 0.0750 e. The van der Waals surface area contributed by atoms with E-state index < -0.39 is 0 Å². The number of ether oxygens (including phenoxy) is 2. The molecule has 0 aromatic rings. The first-order chi connectivity index (χ1) is 7.64. The minimum absolute atomic E-state index is 0.0430. The second kappa shape index (κ2) is 7.25. The van der Waals surface area contributed by atoms with Crippen molar-refractivity contribution in [2.24, 2.45) is 0 Å². The summed E-state index contributed by atoms with van der Waals surface area (Å²) in [4.78, 5) is 0. The van der Waals surface area contributed by atoms with Crippen LogP contribution in [0.1, 0.15) is 46.5 Å². The van der Waals surface area contributed by atoms with E-state index in [2.05, 4.69) is 19.2 Å². The third kappa shape index (κ3) is 5.83. The molecule has 0 radical (unpaired) electrons. The van der Waals surface area contributed by atoms with Crippen LogP contribution in [0.3, 0.4) is 0 Å². The lowest BCUT2D eigenvalue weighted by Crippen LogP contribution is -2.38. The second-order valence-corrected chi connectivity index (χ2v) is 5.15. The third-order valence-electron chi connectivity index (χ3n) is 2.99. The molecule has 0 spiro atoms. The summed E-state index contributed by atoms with van der Waals surface area (Å²) < 4.78 is 11.2. The van der Waals surface area contributed by atoms with Gasteiger partial charge in [-0.1, -0.05) is 0 Å². The van der Waals surface area contributed by atoms with Crippen LogP contribution in [-0.2, 0) is 9.47 Å². The average molecular weight is 229 g/mol. The highest BCUT2D eigenvalue weighted by Gasteiger charge is 2.17. The Morgan fingerprint density at radius 2 is 2.25 bits per heavy atom. The van der Waals surface area contributed by atoms with Gasteiger partial charge in [-0.25, -0.2) is 0 Å². The third-order valence-corrected chi connectivity index (χ3v) is 2.99. The van der Waals surface area contributed by atoms with Gasteiger partial charge in [0.25, 0.3) is 0 Å². The van der Waals surface area contributed by atoms with Gasteiger partial charge in [0.05, 0.1) is 11.7 Å². The molecule has 0 saturated carbocycles. The fraction of sp³-hybridized carbons (Fsp3) is 1.00. The van der Waals surface area contributed by atoms with Crippen molar-refractivity contribution in [1.29, 1.82) is 0 Å². The summed E-state index contributed by atoms with van der Waals surface area (Å²) in [5.41, 5.74) is -0.0430. The highest BCUT2D eigenvalue weighted by atomic mass is 16.5. The van der Waals surface area contributed by atoms with E-state index in [1.165, 1.54) is 25.7 Å². The molecule has 0 bridgehead atoms. The number of nitrogens with one attached hydrogen (secondary N) is 1. The van der Waals surface area contributed by atoms with Gasteiger partial charge in [0.1, 0.15) is 0 Å².